The van der Waals surface area contributed by atoms with E-state index in [1.54, 1.807) is 0 Å². The number of allylic oxidation sites excluding steroid dienone is 1. The minimum atomic E-state index is -0.826. The van der Waals surface area contributed by atoms with Crippen LogP contribution in [0.2, 0.25) is 0 Å². The average molecular weight is 446 g/mol. The van der Waals surface area contributed by atoms with E-state index in [1.165, 1.54) is 38.6 Å². The van der Waals surface area contributed by atoms with Gasteiger partial charge < -0.3 is 0 Å². The van der Waals surface area contributed by atoms with Crippen LogP contribution in [0.1, 0.15) is 25.0 Å². The first-order valence-electron chi connectivity index (χ1n) is 8.29. The minimum absolute atomic E-state index is 0.563. The van der Waals surface area contributed by atoms with E-state index < -0.39 is 20.8 Å². The summed E-state index contributed by atoms with van der Waals surface area (Å²) >= 11 is -0.826. The first-order valence-corrected chi connectivity index (χ1v) is 14.6. The van der Waals surface area contributed by atoms with E-state index in [4.69, 9.17) is 17.0 Å². The number of halogens is 2. The van der Waals surface area contributed by atoms with Gasteiger partial charge in [-0.05, 0) is 38.9 Å². The van der Waals surface area contributed by atoms with E-state index in [0.717, 1.165) is 0 Å². The third kappa shape index (κ3) is 4.11. The molecule has 0 aromatic heterocycles. The molecule has 0 N–H and O–H groups in total. The predicted molar refractivity (Wildman–Crippen MR) is 107 cm³/mol. The summed E-state index contributed by atoms with van der Waals surface area (Å²) in [5, 5.41) is 2.62. The third-order valence-electron chi connectivity index (χ3n) is 4.52. The van der Waals surface area contributed by atoms with E-state index in [9.17, 15) is 0 Å². The molecule has 0 heterocycles. The van der Waals surface area contributed by atoms with Crippen molar-refractivity contribution >= 4 is 33.9 Å². The average Bonchev–Trinajstić information content (AvgIpc) is 3.07. The molecule has 0 amide bonds. The molecule has 25 heavy (non-hydrogen) atoms. The Balaban J connectivity index is 0.000000569. The van der Waals surface area contributed by atoms with Crippen molar-refractivity contribution in [3.05, 3.63) is 83.8 Å². The Morgan fingerprint density at radius 3 is 2.20 bits per heavy atom. The van der Waals surface area contributed by atoms with Crippen molar-refractivity contribution in [3.63, 3.8) is 0 Å². The summed E-state index contributed by atoms with van der Waals surface area (Å²) in [6, 6.07) is 21.8. The van der Waals surface area contributed by atoms with Gasteiger partial charge in [-0.25, -0.2) is 0 Å². The van der Waals surface area contributed by atoms with Crippen LogP contribution < -0.4 is 0 Å². The molecule has 3 aromatic carbocycles. The fraction of sp³-hybridized carbons (Fsp3) is 0.136. The maximum atomic E-state index is 4.93. The summed E-state index contributed by atoms with van der Waals surface area (Å²) in [7, 11) is 9.87. The Bertz CT molecular complexity index is 908. The molecule has 0 bridgehead atoms. The van der Waals surface area contributed by atoms with Crippen LogP contribution >= 0.6 is 17.0 Å². The summed E-state index contributed by atoms with van der Waals surface area (Å²) in [5.41, 5.74) is 6.78. The summed E-state index contributed by atoms with van der Waals surface area (Å²) in [6.07, 6.45) is 4.69. The van der Waals surface area contributed by atoms with Crippen molar-refractivity contribution in [2.45, 2.75) is 13.8 Å². The summed E-state index contributed by atoms with van der Waals surface area (Å²) < 4.78 is 0. The van der Waals surface area contributed by atoms with E-state index in [-0.39, 0.29) is 0 Å². The van der Waals surface area contributed by atoms with Gasteiger partial charge in [0, 0.05) is 6.42 Å². The van der Waals surface area contributed by atoms with Crippen molar-refractivity contribution in [1.29, 1.82) is 0 Å². The Hall–Kier alpha value is -0.877. The zero-order valence-electron chi connectivity index (χ0n) is 14.3. The van der Waals surface area contributed by atoms with Crippen molar-refractivity contribution in [2.24, 2.45) is 5.92 Å². The van der Waals surface area contributed by atoms with E-state index in [1.807, 2.05) is 0 Å². The van der Waals surface area contributed by atoms with Crippen molar-refractivity contribution in [3.8, 4) is 11.1 Å². The second kappa shape index (κ2) is 8.67. The number of rotatable bonds is 2. The summed E-state index contributed by atoms with van der Waals surface area (Å²) in [5.74, 6) is 0.563. The molecule has 0 aliphatic heterocycles. The molecule has 0 saturated carbocycles. The SMILES string of the molecule is CC(C)C1=Cc2c(cccc2-c2cccc3ccccc23)[CH]1.[Cl][Zr][Cl]. The van der Waals surface area contributed by atoms with Crippen LogP contribution in [-0.4, -0.2) is 0 Å². The zero-order chi connectivity index (χ0) is 17.8. The van der Waals surface area contributed by atoms with Gasteiger partial charge in [-0.15, -0.1) is 0 Å². The van der Waals surface area contributed by atoms with E-state index >= 15 is 0 Å². The monoisotopic (exact) mass is 443 g/mol. The van der Waals surface area contributed by atoms with Gasteiger partial charge in [-0.2, -0.15) is 0 Å². The van der Waals surface area contributed by atoms with Gasteiger partial charge in [0.25, 0.3) is 0 Å². The molecular weight excluding hydrogens is 426 g/mol. The van der Waals surface area contributed by atoms with Crippen LogP contribution in [0.15, 0.2) is 66.2 Å². The first kappa shape index (κ1) is 18.9. The Labute approximate surface area is 168 Å². The molecule has 125 valence electrons. The van der Waals surface area contributed by atoms with Gasteiger partial charge in [0.15, 0.2) is 0 Å². The molecule has 4 rings (SSSR count). The molecule has 0 spiro atoms. The molecule has 3 heteroatoms. The Morgan fingerprint density at radius 1 is 0.800 bits per heavy atom. The van der Waals surface area contributed by atoms with Crippen LogP contribution in [0.5, 0.6) is 0 Å². The summed E-state index contributed by atoms with van der Waals surface area (Å²) in [4.78, 5) is 0. The van der Waals surface area contributed by atoms with E-state index in [0.29, 0.717) is 5.92 Å². The van der Waals surface area contributed by atoms with Gasteiger partial charge in [0.1, 0.15) is 0 Å². The molecule has 0 atom stereocenters. The maximum absolute atomic E-state index is 4.93. The second-order valence-corrected chi connectivity index (χ2v) is 10.1. The standard InChI is InChI=1S/C22H19.2ClH.Zr/c1-15(2)18-13-17-9-6-12-21(22(17)14-18)20-11-5-8-16-7-3-4-10-19(16)20;;;/h3-15H,1-2H3;2*1H;/q;;;+2/p-2. The molecule has 0 unspecified atom stereocenters. The number of hydrogen-bond donors (Lipinski definition) is 0. The molecule has 1 radical (unpaired) electrons. The molecule has 1 aliphatic carbocycles. The van der Waals surface area contributed by atoms with Crippen molar-refractivity contribution < 1.29 is 20.8 Å². The van der Waals surface area contributed by atoms with Gasteiger partial charge in [0.05, 0.1) is 0 Å². The van der Waals surface area contributed by atoms with Crippen LogP contribution in [0.3, 0.4) is 0 Å². The summed E-state index contributed by atoms with van der Waals surface area (Å²) in [6.45, 7) is 4.51. The van der Waals surface area contributed by atoms with Crippen LogP contribution in [-0.2, 0) is 20.8 Å². The van der Waals surface area contributed by atoms with Gasteiger partial charge in [-0.3, -0.25) is 0 Å². The molecule has 0 nitrogen and oxygen atoms in total. The van der Waals surface area contributed by atoms with Gasteiger partial charge >= 0.3 is 37.9 Å². The normalized spacial score (nSPS) is 12.4. The van der Waals surface area contributed by atoms with Crippen molar-refractivity contribution in [2.75, 3.05) is 0 Å². The van der Waals surface area contributed by atoms with Crippen LogP contribution in [0.25, 0.3) is 28.0 Å². The topological polar surface area (TPSA) is 0 Å². The van der Waals surface area contributed by atoms with Gasteiger partial charge in [0.2, 0.25) is 0 Å². The molecule has 0 saturated heterocycles. The van der Waals surface area contributed by atoms with Crippen molar-refractivity contribution in [1.82, 2.24) is 0 Å². The molecule has 3 aromatic rings. The van der Waals surface area contributed by atoms with Gasteiger partial charge in [-0.1, -0.05) is 86.2 Å². The number of hydrogen-bond acceptors (Lipinski definition) is 0. The third-order valence-corrected chi connectivity index (χ3v) is 4.52. The molecular formula is C22H19Cl2Zr. The number of benzene rings is 3. The Morgan fingerprint density at radius 2 is 1.44 bits per heavy atom. The predicted octanol–water partition coefficient (Wildman–Crippen LogP) is 7.49. The van der Waals surface area contributed by atoms with Crippen LogP contribution in [0.4, 0.5) is 0 Å². The number of fused-ring (bicyclic) bond motifs is 2. The fourth-order valence-electron chi connectivity index (χ4n) is 3.29. The quantitative estimate of drug-likeness (QED) is 0.383. The second-order valence-electron chi connectivity index (χ2n) is 6.35. The Kier molecular flexibility index (Phi) is 6.56. The van der Waals surface area contributed by atoms with Crippen LogP contribution in [0, 0.1) is 12.3 Å². The van der Waals surface area contributed by atoms with E-state index in [2.05, 4.69) is 87.0 Å². The molecule has 0 fully saturated rings. The zero-order valence-corrected chi connectivity index (χ0v) is 18.2. The first-order chi connectivity index (χ1) is 12.2. The molecule has 1 aliphatic rings. The fourth-order valence-corrected chi connectivity index (χ4v) is 3.29.